The van der Waals surface area contributed by atoms with E-state index in [0.717, 1.165) is 19.6 Å². The van der Waals surface area contributed by atoms with Crippen molar-refractivity contribution in [2.45, 2.75) is 12.5 Å². The van der Waals surface area contributed by atoms with Crippen LogP contribution in [-0.4, -0.2) is 85.3 Å². The van der Waals surface area contributed by atoms with Crippen LogP contribution in [0.25, 0.3) is 5.76 Å². The summed E-state index contributed by atoms with van der Waals surface area (Å²) in [5.74, 6) is -0.925. The summed E-state index contributed by atoms with van der Waals surface area (Å²) in [6.45, 7) is 4.11. The Kier molecular flexibility index (Phi) is 7.57. The van der Waals surface area contributed by atoms with Crippen LogP contribution >= 0.6 is 0 Å². The summed E-state index contributed by atoms with van der Waals surface area (Å²) in [6, 6.07) is 10.5. The molecular formula is C26H30N2O7. The molecule has 2 heterocycles. The molecule has 0 spiro atoms. The van der Waals surface area contributed by atoms with Gasteiger partial charge >= 0.3 is 0 Å². The van der Waals surface area contributed by atoms with E-state index in [4.69, 9.17) is 14.2 Å². The molecule has 0 aromatic heterocycles. The molecule has 1 atom stereocenters. The second kappa shape index (κ2) is 10.8. The Hall–Kier alpha value is -3.56. The van der Waals surface area contributed by atoms with Crippen molar-refractivity contribution < 1.29 is 34.0 Å². The van der Waals surface area contributed by atoms with Gasteiger partial charge in [-0.2, -0.15) is 0 Å². The molecular weight excluding hydrogens is 452 g/mol. The fourth-order valence-corrected chi connectivity index (χ4v) is 4.52. The molecule has 1 amide bonds. The van der Waals surface area contributed by atoms with Gasteiger partial charge in [-0.1, -0.05) is 6.07 Å². The fraction of sp³-hybridized carbons (Fsp3) is 0.385. The maximum absolute atomic E-state index is 13.2. The maximum atomic E-state index is 13.2. The molecule has 2 aliphatic rings. The molecule has 2 aliphatic heterocycles. The van der Waals surface area contributed by atoms with E-state index >= 15 is 0 Å². The number of phenols is 1. The third-order valence-electron chi connectivity index (χ3n) is 6.40. The molecule has 9 heteroatoms. The molecule has 2 fully saturated rings. The van der Waals surface area contributed by atoms with Gasteiger partial charge in [0.25, 0.3) is 11.7 Å². The molecule has 9 nitrogen and oxygen atoms in total. The van der Waals surface area contributed by atoms with Crippen LogP contribution in [0.3, 0.4) is 0 Å². The average molecular weight is 483 g/mol. The molecule has 2 aromatic carbocycles. The second-order valence-electron chi connectivity index (χ2n) is 8.46. The van der Waals surface area contributed by atoms with Gasteiger partial charge in [-0.3, -0.25) is 14.5 Å². The number of nitrogens with zero attached hydrogens (tertiary/aromatic N) is 2. The van der Waals surface area contributed by atoms with Crippen LogP contribution in [0.15, 0.2) is 48.0 Å². The zero-order chi connectivity index (χ0) is 24.9. The van der Waals surface area contributed by atoms with Crippen LogP contribution in [0.4, 0.5) is 0 Å². The number of ketones is 1. The molecule has 0 unspecified atom stereocenters. The number of carbonyl (C=O) groups is 2. The van der Waals surface area contributed by atoms with E-state index < -0.39 is 17.7 Å². The number of benzene rings is 2. The normalized spacial score (nSPS) is 20.3. The van der Waals surface area contributed by atoms with Gasteiger partial charge in [0.1, 0.15) is 11.5 Å². The van der Waals surface area contributed by atoms with Crippen molar-refractivity contribution in [1.29, 1.82) is 0 Å². The summed E-state index contributed by atoms with van der Waals surface area (Å²) in [5, 5.41) is 21.2. The van der Waals surface area contributed by atoms with Crippen molar-refractivity contribution in [1.82, 2.24) is 9.80 Å². The Morgan fingerprint density at radius 2 is 1.74 bits per heavy atom. The minimum atomic E-state index is -0.823. The van der Waals surface area contributed by atoms with Crippen LogP contribution < -0.4 is 9.47 Å². The molecule has 0 bridgehead atoms. The number of methoxy groups -OCH3 is 2. The topological polar surface area (TPSA) is 109 Å². The summed E-state index contributed by atoms with van der Waals surface area (Å²) in [5.41, 5.74) is 0.951. The zero-order valence-corrected chi connectivity index (χ0v) is 19.9. The summed E-state index contributed by atoms with van der Waals surface area (Å²) in [4.78, 5) is 30.1. The monoisotopic (exact) mass is 482 g/mol. The van der Waals surface area contributed by atoms with Gasteiger partial charge in [0, 0.05) is 31.7 Å². The lowest BCUT2D eigenvalue weighted by molar-refractivity contribution is -0.140. The highest BCUT2D eigenvalue weighted by atomic mass is 16.5. The highest BCUT2D eigenvalue weighted by molar-refractivity contribution is 6.46. The van der Waals surface area contributed by atoms with Gasteiger partial charge in [-0.15, -0.1) is 0 Å². The second-order valence-corrected chi connectivity index (χ2v) is 8.46. The molecule has 0 aliphatic carbocycles. The van der Waals surface area contributed by atoms with E-state index in [0.29, 0.717) is 43.1 Å². The number of likely N-dealkylation sites (tertiary alicyclic amines) is 1. The number of aromatic hydroxyl groups is 1. The molecule has 0 radical (unpaired) electrons. The van der Waals surface area contributed by atoms with E-state index in [1.54, 1.807) is 36.4 Å². The predicted octanol–water partition coefficient (Wildman–Crippen LogP) is 2.55. The van der Waals surface area contributed by atoms with Gasteiger partial charge in [0.15, 0.2) is 11.5 Å². The van der Waals surface area contributed by atoms with Gasteiger partial charge in [-0.25, -0.2) is 0 Å². The standard InChI is InChI=1S/C26H30N2O7/c1-33-19-7-4-17(5-8-19)24(30)22-23(18-6-9-20(29)21(16-18)34-2)28(26(32)25(22)31)11-3-10-27-12-14-35-15-13-27/h4-9,16,23,29-30H,3,10-15H2,1-2H3/t23-/m1/s1. The number of phenolic OH excluding ortho intramolecular Hbond substituents is 1. The number of hydrogen-bond donors (Lipinski definition) is 2. The molecule has 2 N–H and O–H groups in total. The number of hydrogen-bond acceptors (Lipinski definition) is 8. The molecule has 186 valence electrons. The first-order valence-electron chi connectivity index (χ1n) is 11.5. The first-order valence-corrected chi connectivity index (χ1v) is 11.5. The smallest absolute Gasteiger partial charge is 0.295 e. The van der Waals surface area contributed by atoms with Gasteiger partial charge in [0.2, 0.25) is 0 Å². The number of amides is 1. The van der Waals surface area contributed by atoms with Gasteiger partial charge in [0.05, 0.1) is 39.0 Å². The van der Waals surface area contributed by atoms with Crippen molar-refractivity contribution in [2.75, 3.05) is 53.6 Å². The van der Waals surface area contributed by atoms with Crippen LogP contribution in [0.2, 0.25) is 0 Å². The minimum Gasteiger partial charge on any atom is -0.507 e. The average Bonchev–Trinajstić information content (AvgIpc) is 3.14. The number of Topliss-reactive ketones (excluding diaryl/α,β-unsaturated/α-hetero) is 1. The Morgan fingerprint density at radius 3 is 2.40 bits per heavy atom. The van der Waals surface area contributed by atoms with Crippen molar-refractivity contribution in [3.8, 4) is 17.2 Å². The van der Waals surface area contributed by atoms with Gasteiger partial charge in [-0.05, 0) is 48.4 Å². The van der Waals surface area contributed by atoms with Crippen LogP contribution in [0.1, 0.15) is 23.6 Å². The molecule has 4 rings (SSSR count). The molecule has 2 saturated heterocycles. The first-order chi connectivity index (χ1) is 16.9. The molecule has 0 saturated carbocycles. The maximum Gasteiger partial charge on any atom is 0.295 e. The Morgan fingerprint density at radius 1 is 1.03 bits per heavy atom. The Labute approximate surface area is 204 Å². The third-order valence-corrected chi connectivity index (χ3v) is 6.40. The molecule has 35 heavy (non-hydrogen) atoms. The number of morpholine rings is 1. The quantitative estimate of drug-likeness (QED) is 0.336. The number of aliphatic hydroxyl groups is 1. The van der Waals surface area contributed by atoms with Crippen molar-refractivity contribution >= 4 is 17.4 Å². The highest BCUT2D eigenvalue weighted by Gasteiger charge is 2.46. The van der Waals surface area contributed by atoms with Crippen molar-refractivity contribution in [2.24, 2.45) is 0 Å². The van der Waals surface area contributed by atoms with E-state index in [1.165, 1.54) is 25.2 Å². The number of carbonyl (C=O) groups excluding carboxylic acids is 2. The number of rotatable bonds is 8. The largest absolute Gasteiger partial charge is 0.507 e. The Bertz CT molecular complexity index is 1110. The van der Waals surface area contributed by atoms with E-state index in [2.05, 4.69) is 4.90 Å². The SMILES string of the molecule is COc1ccc(C(O)=C2C(=O)C(=O)N(CCCN3CCOCC3)[C@@H]2c2ccc(O)c(OC)c2)cc1. The van der Waals surface area contributed by atoms with E-state index in [1.807, 2.05) is 0 Å². The molecule has 2 aromatic rings. The predicted molar refractivity (Wildman–Crippen MR) is 129 cm³/mol. The number of ether oxygens (including phenoxy) is 3. The van der Waals surface area contributed by atoms with Crippen LogP contribution in [0.5, 0.6) is 17.2 Å². The fourth-order valence-electron chi connectivity index (χ4n) is 4.52. The lowest BCUT2D eigenvalue weighted by Gasteiger charge is -2.29. The van der Waals surface area contributed by atoms with Crippen molar-refractivity contribution in [3.63, 3.8) is 0 Å². The summed E-state index contributed by atoms with van der Waals surface area (Å²) < 4.78 is 15.8. The Balaban J connectivity index is 1.70. The summed E-state index contributed by atoms with van der Waals surface area (Å²) in [7, 11) is 2.96. The van der Waals surface area contributed by atoms with Crippen molar-refractivity contribution in [3.05, 3.63) is 59.2 Å². The van der Waals surface area contributed by atoms with E-state index in [9.17, 15) is 19.8 Å². The van der Waals surface area contributed by atoms with E-state index in [-0.39, 0.29) is 22.8 Å². The highest BCUT2D eigenvalue weighted by Crippen LogP contribution is 2.42. The lowest BCUT2D eigenvalue weighted by atomic mass is 9.95. The zero-order valence-electron chi connectivity index (χ0n) is 19.9. The van der Waals surface area contributed by atoms with Gasteiger partial charge < -0.3 is 29.3 Å². The lowest BCUT2D eigenvalue weighted by Crippen LogP contribution is -2.38. The summed E-state index contributed by atoms with van der Waals surface area (Å²) >= 11 is 0. The minimum absolute atomic E-state index is 0.000665. The first kappa shape index (κ1) is 24.6. The van der Waals surface area contributed by atoms with Crippen LogP contribution in [0, 0.1) is 0 Å². The number of aliphatic hydroxyl groups excluding tert-OH is 1. The third kappa shape index (κ3) is 5.11. The summed E-state index contributed by atoms with van der Waals surface area (Å²) in [6.07, 6.45) is 0.654. The van der Waals surface area contributed by atoms with Crippen LogP contribution in [-0.2, 0) is 14.3 Å².